The molecule has 1 atom stereocenters. The fraction of sp³-hybridized carbons (Fsp3) is 0.400. The molecule has 17 heavy (non-hydrogen) atoms. The fourth-order valence-electron chi connectivity index (χ4n) is 1.37. The first-order valence-electron chi connectivity index (χ1n) is 5.16. The number of nitrogens with one attached hydrogen (secondary N) is 1. The number of anilines is 1. The van der Waals surface area contributed by atoms with Gasteiger partial charge in [-0.1, -0.05) is 0 Å². The van der Waals surface area contributed by atoms with Gasteiger partial charge in [-0.05, 0) is 25.0 Å². The Morgan fingerprint density at radius 2 is 2.29 bits per heavy atom. The molecule has 1 aliphatic carbocycles. The van der Waals surface area contributed by atoms with Gasteiger partial charge in [0.2, 0.25) is 10.0 Å². The van der Waals surface area contributed by atoms with Crippen LogP contribution in [0.25, 0.3) is 0 Å². The van der Waals surface area contributed by atoms with Gasteiger partial charge in [-0.3, -0.25) is 9.71 Å². The molecule has 0 bridgehead atoms. The molecule has 2 rings (SSSR count). The number of sulfonamides is 1. The first-order valence-corrected chi connectivity index (χ1v) is 6.70. The first-order chi connectivity index (χ1) is 8.03. The lowest BCUT2D eigenvalue weighted by molar-refractivity contribution is 0.600. The number of nitrogens with two attached hydrogens (primary N) is 1. The van der Waals surface area contributed by atoms with Gasteiger partial charge in [0.05, 0.1) is 22.7 Å². The van der Waals surface area contributed by atoms with Crippen LogP contribution in [0.15, 0.2) is 18.3 Å². The van der Waals surface area contributed by atoms with Crippen molar-refractivity contribution in [3.05, 3.63) is 24.0 Å². The van der Waals surface area contributed by atoms with Gasteiger partial charge in [0.1, 0.15) is 6.04 Å². The van der Waals surface area contributed by atoms with Crippen molar-refractivity contribution in [2.24, 2.45) is 5.73 Å². The minimum atomic E-state index is -3.29. The molecule has 1 aromatic heterocycles. The summed E-state index contributed by atoms with van der Waals surface area (Å²) in [7, 11) is -3.29. The number of nitrogens with zero attached hydrogens (tertiary/aromatic N) is 2. The maximum absolute atomic E-state index is 11.7. The van der Waals surface area contributed by atoms with E-state index in [-0.39, 0.29) is 5.25 Å². The quantitative estimate of drug-likeness (QED) is 0.811. The highest BCUT2D eigenvalue weighted by Crippen LogP contribution is 2.29. The molecule has 3 N–H and O–H groups in total. The minimum absolute atomic E-state index is 0.288. The van der Waals surface area contributed by atoms with E-state index < -0.39 is 16.1 Å². The second kappa shape index (κ2) is 4.31. The third-order valence-electron chi connectivity index (χ3n) is 2.46. The van der Waals surface area contributed by atoms with E-state index in [0.29, 0.717) is 24.2 Å². The van der Waals surface area contributed by atoms with Gasteiger partial charge < -0.3 is 5.73 Å². The molecular formula is C10H12N4O2S. The normalized spacial score (nSPS) is 17.2. The molecule has 0 aliphatic heterocycles. The molecule has 90 valence electrons. The van der Waals surface area contributed by atoms with E-state index >= 15 is 0 Å². The van der Waals surface area contributed by atoms with Gasteiger partial charge in [-0.2, -0.15) is 5.26 Å². The van der Waals surface area contributed by atoms with Gasteiger partial charge in [0.25, 0.3) is 0 Å². The third-order valence-corrected chi connectivity index (χ3v) is 4.33. The van der Waals surface area contributed by atoms with Crippen LogP contribution in [0.3, 0.4) is 0 Å². The lowest BCUT2D eigenvalue weighted by Crippen LogP contribution is -2.18. The zero-order valence-corrected chi connectivity index (χ0v) is 9.81. The van der Waals surface area contributed by atoms with Crippen LogP contribution in [0.5, 0.6) is 0 Å². The van der Waals surface area contributed by atoms with Crippen molar-refractivity contribution in [1.82, 2.24) is 4.98 Å². The summed E-state index contributed by atoms with van der Waals surface area (Å²) in [5.74, 6) is 0. The van der Waals surface area contributed by atoms with Crippen LogP contribution in [0.2, 0.25) is 0 Å². The summed E-state index contributed by atoms with van der Waals surface area (Å²) in [5.41, 5.74) is 6.24. The molecule has 7 heteroatoms. The molecule has 1 heterocycles. The van der Waals surface area contributed by atoms with Crippen LogP contribution < -0.4 is 10.5 Å². The van der Waals surface area contributed by atoms with Crippen molar-refractivity contribution in [2.75, 3.05) is 4.72 Å². The second-order valence-electron chi connectivity index (χ2n) is 3.92. The Hall–Kier alpha value is -1.65. The van der Waals surface area contributed by atoms with E-state index in [1.54, 1.807) is 0 Å². The molecule has 1 saturated carbocycles. The summed E-state index contributed by atoms with van der Waals surface area (Å²) in [6.07, 6.45) is 2.83. The highest BCUT2D eigenvalue weighted by atomic mass is 32.2. The molecule has 6 nitrogen and oxygen atoms in total. The predicted octanol–water partition coefficient (Wildman–Crippen LogP) is 0.509. The zero-order chi connectivity index (χ0) is 12.5. The monoisotopic (exact) mass is 252 g/mol. The van der Waals surface area contributed by atoms with Gasteiger partial charge in [-0.25, -0.2) is 8.42 Å². The molecule has 0 radical (unpaired) electrons. The second-order valence-corrected chi connectivity index (χ2v) is 5.88. The molecule has 1 unspecified atom stereocenters. The lowest BCUT2D eigenvalue weighted by atomic mass is 10.2. The minimum Gasteiger partial charge on any atom is -0.311 e. The van der Waals surface area contributed by atoms with Crippen LogP contribution in [0.4, 0.5) is 5.69 Å². The number of aromatic nitrogens is 1. The average Bonchev–Trinajstić information content (AvgIpc) is 3.11. The van der Waals surface area contributed by atoms with Crippen molar-refractivity contribution in [1.29, 1.82) is 5.26 Å². The number of hydrogen-bond acceptors (Lipinski definition) is 5. The molecule has 0 saturated heterocycles. The third kappa shape index (κ3) is 2.72. The summed E-state index contributed by atoms with van der Waals surface area (Å²) in [4.78, 5) is 3.92. The summed E-state index contributed by atoms with van der Waals surface area (Å²) < 4.78 is 25.8. The fourth-order valence-corrected chi connectivity index (χ4v) is 2.75. The maximum Gasteiger partial charge on any atom is 0.235 e. The van der Waals surface area contributed by atoms with E-state index in [1.807, 2.05) is 6.07 Å². The van der Waals surface area contributed by atoms with E-state index in [1.165, 1.54) is 18.3 Å². The topological polar surface area (TPSA) is 109 Å². The Morgan fingerprint density at radius 3 is 2.88 bits per heavy atom. The number of hydrogen-bond donors (Lipinski definition) is 2. The molecular weight excluding hydrogens is 240 g/mol. The largest absolute Gasteiger partial charge is 0.311 e. The summed E-state index contributed by atoms with van der Waals surface area (Å²) in [6, 6.07) is 4.01. The molecule has 1 aliphatic rings. The number of rotatable bonds is 4. The van der Waals surface area contributed by atoms with Crippen molar-refractivity contribution in [3.8, 4) is 6.07 Å². The van der Waals surface area contributed by atoms with Crippen molar-refractivity contribution in [2.45, 2.75) is 24.1 Å². The van der Waals surface area contributed by atoms with Gasteiger partial charge >= 0.3 is 0 Å². The number of pyridine rings is 1. The zero-order valence-electron chi connectivity index (χ0n) is 9.00. The van der Waals surface area contributed by atoms with Gasteiger partial charge in [0.15, 0.2) is 0 Å². The Morgan fingerprint density at radius 1 is 1.59 bits per heavy atom. The van der Waals surface area contributed by atoms with Crippen molar-refractivity contribution >= 4 is 15.7 Å². The van der Waals surface area contributed by atoms with Crippen LogP contribution in [-0.4, -0.2) is 18.7 Å². The SMILES string of the molecule is N#CC(N)c1cc(NS(=O)(=O)C2CC2)ccn1. The van der Waals surface area contributed by atoms with E-state index in [0.717, 1.165) is 0 Å². The van der Waals surface area contributed by atoms with E-state index in [9.17, 15) is 8.42 Å². The Labute approximate surface area is 99.5 Å². The molecule has 0 amide bonds. The number of nitriles is 1. The highest BCUT2D eigenvalue weighted by Gasteiger charge is 2.35. The van der Waals surface area contributed by atoms with Crippen LogP contribution in [0.1, 0.15) is 24.6 Å². The van der Waals surface area contributed by atoms with Gasteiger partial charge in [0, 0.05) is 6.20 Å². The smallest absolute Gasteiger partial charge is 0.235 e. The standard InChI is InChI=1S/C10H12N4O2S/c11-6-9(12)10-5-7(3-4-13-10)14-17(15,16)8-1-2-8/h3-5,8-9H,1-2,12H2,(H,13,14). The molecule has 0 spiro atoms. The van der Waals surface area contributed by atoms with Crippen LogP contribution >= 0.6 is 0 Å². The van der Waals surface area contributed by atoms with E-state index in [4.69, 9.17) is 11.0 Å². The average molecular weight is 252 g/mol. The molecule has 1 fully saturated rings. The summed E-state index contributed by atoms with van der Waals surface area (Å²) >= 11 is 0. The van der Waals surface area contributed by atoms with Crippen LogP contribution in [0, 0.1) is 11.3 Å². The highest BCUT2D eigenvalue weighted by molar-refractivity contribution is 7.93. The summed E-state index contributed by atoms with van der Waals surface area (Å²) in [5, 5.41) is 8.37. The molecule has 1 aromatic rings. The predicted molar refractivity (Wildman–Crippen MR) is 62.3 cm³/mol. The Bertz CT molecular complexity index is 560. The molecule has 0 aromatic carbocycles. The Balaban J connectivity index is 2.20. The van der Waals surface area contributed by atoms with Crippen molar-refractivity contribution in [3.63, 3.8) is 0 Å². The maximum atomic E-state index is 11.7. The van der Waals surface area contributed by atoms with Crippen molar-refractivity contribution < 1.29 is 8.42 Å². The van der Waals surface area contributed by atoms with Crippen LogP contribution in [-0.2, 0) is 10.0 Å². The van der Waals surface area contributed by atoms with Gasteiger partial charge in [-0.15, -0.1) is 0 Å². The lowest BCUT2D eigenvalue weighted by Gasteiger charge is -2.08. The van der Waals surface area contributed by atoms with E-state index in [2.05, 4.69) is 9.71 Å². The first kappa shape index (κ1) is 11.8. The summed E-state index contributed by atoms with van der Waals surface area (Å²) in [6.45, 7) is 0. The Kier molecular flexibility index (Phi) is 3.00.